The highest BCUT2D eigenvalue weighted by Crippen LogP contribution is 2.18. The van der Waals surface area contributed by atoms with Crippen molar-refractivity contribution in [1.29, 1.82) is 0 Å². The van der Waals surface area contributed by atoms with E-state index in [1.165, 1.54) is 0 Å². The molecule has 1 unspecified atom stereocenters. The smallest absolute Gasteiger partial charge is 0.272 e. The number of fused-ring (bicyclic) bond motifs is 1. The van der Waals surface area contributed by atoms with Gasteiger partial charge in [0.1, 0.15) is 11.2 Å². The van der Waals surface area contributed by atoms with Gasteiger partial charge in [-0.05, 0) is 6.07 Å². The monoisotopic (exact) mass is 169 g/mol. The highest BCUT2D eigenvalue weighted by atomic mass is 32.1. The number of aromatic amines is 1. The average molecular weight is 169 g/mol. The molecule has 1 aromatic rings. The third kappa shape index (κ3) is 0.970. The molecule has 0 radical (unpaired) electrons. The van der Waals surface area contributed by atoms with Crippen molar-refractivity contribution in [3.8, 4) is 0 Å². The number of amides is 1. The van der Waals surface area contributed by atoms with Crippen LogP contribution in [0.25, 0.3) is 0 Å². The standard InChI is InChI=1S/C6H7N3OS/c10-5-4-3(1-2-7-4)8-6(11)9-5/h1-2,6-8,11H,(H,9,10). The molecule has 0 saturated carbocycles. The van der Waals surface area contributed by atoms with Crippen molar-refractivity contribution < 1.29 is 4.79 Å². The van der Waals surface area contributed by atoms with E-state index in [2.05, 4.69) is 28.2 Å². The van der Waals surface area contributed by atoms with Crippen LogP contribution in [-0.2, 0) is 0 Å². The van der Waals surface area contributed by atoms with Gasteiger partial charge in [-0.3, -0.25) is 4.79 Å². The summed E-state index contributed by atoms with van der Waals surface area (Å²) in [5.41, 5.74) is 1.08. The highest BCUT2D eigenvalue weighted by molar-refractivity contribution is 7.81. The molecule has 11 heavy (non-hydrogen) atoms. The Labute approximate surface area is 68.8 Å². The van der Waals surface area contributed by atoms with Gasteiger partial charge in [0.15, 0.2) is 0 Å². The summed E-state index contributed by atoms with van der Waals surface area (Å²) in [5, 5.41) is 5.58. The molecule has 1 atom stereocenters. The van der Waals surface area contributed by atoms with Gasteiger partial charge in [0.05, 0.1) is 5.69 Å². The van der Waals surface area contributed by atoms with Gasteiger partial charge < -0.3 is 15.6 Å². The first-order chi connectivity index (χ1) is 5.27. The van der Waals surface area contributed by atoms with Crippen LogP contribution in [0.3, 0.4) is 0 Å². The fourth-order valence-electron chi connectivity index (χ4n) is 1.06. The highest BCUT2D eigenvalue weighted by Gasteiger charge is 2.21. The average Bonchev–Trinajstić information content (AvgIpc) is 2.34. The number of anilines is 1. The molecule has 58 valence electrons. The van der Waals surface area contributed by atoms with Gasteiger partial charge in [-0.15, -0.1) is 12.6 Å². The van der Waals surface area contributed by atoms with Gasteiger partial charge in [-0.25, -0.2) is 0 Å². The first-order valence-corrected chi connectivity index (χ1v) is 3.72. The van der Waals surface area contributed by atoms with Crippen molar-refractivity contribution in [1.82, 2.24) is 10.3 Å². The second-order valence-electron chi connectivity index (χ2n) is 2.29. The molecule has 5 heteroatoms. The number of thiol groups is 1. The van der Waals surface area contributed by atoms with Crippen molar-refractivity contribution in [2.45, 2.75) is 5.50 Å². The Kier molecular flexibility index (Phi) is 1.32. The summed E-state index contributed by atoms with van der Waals surface area (Å²) in [4.78, 5) is 13.9. The molecular weight excluding hydrogens is 162 g/mol. The van der Waals surface area contributed by atoms with Crippen LogP contribution in [0, 0.1) is 0 Å². The number of carbonyl (C=O) groups excluding carboxylic acids is 1. The van der Waals surface area contributed by atoms with Crippen LogP contribution >= 0.6 is 12.6 Å². The molecule has 0 bridgehead atoms. The van der Waals surface area contributed by atoms with E-state index in [4.69, 9.17) is 0 Å². The second-order valence-corrected chi connectivity index (χ2v) is 2.80. The first-order valence-electron chi connectivity index (χ1n) is 3.20. The van der Waals surface area contributed by atoms with Gasteiger partial charge in [-0.2, -0.15) is 0 Å². The minimum absolute atomic E-state index is 0.122. The zero-order valence-corrected chi connectivity index (χ0v) is 6.48. The van der Waals surface area contributed by atoms with Gasteiger partial charge >= 0.3 is 0 Å². The predicted octanol–water partition coefficient (Wildman–Crippen LogP) is 0.383. The number of hydrogen-bond donors (Lipinski definition) is 4. The van der Waals surface area contributed by atoms with Crippen molar-refractivity contribution >= 4 is 24.2 Å². The van der Waals surface area contributed by atoms with Crippen molar-refractivity contribution in [3.05, 3.63) is 18.0 Å². The lowest BCUT2D eigenvalue weighted by Gasteiger charge is -2.20. The Bertz CT molecular complexity index is 296. The van der Waals surface area contributed by atoms with E-state index >= 15 is 0 Å². The summed E-state index contributed by atoms with van der Waals surface area (Å²) in [5.74, 6) is -0.122. The van der Waals surface area contributed by atoms with Crippen LogP contribution in [0.5, 0.6) is 0 Å². The van der Waals surface area contributed by atoms with E-state index < -0.39 is 0 Å². The third-order valence-electron chi connectivity index (χ3n) is 1.53. The lowest BCUT2D eigenvalue weighted by atomic mass is 10.3. The fourth-order valence-corrected chi connectivity index (χ4v) is 1.31. The Morgan fingerprint density at radius 1 is 1.45 bits per heavy atom. The van der Waals surface area contributed by atoms with E-state index in [9.17, 15) is 4.79 Å². The van der Waals surface area contributed by atoms with Crippen LogP contribution in [-0.4, -0.2) is 16.4 Å². The number of nitrogens with one attached hydrogen (secondary N) is 3. The number of H-pyrrole nitrogens is 1. The van der Waals surface area contributed by atoms with Crippen molar-refractivity contribution in [2.24, 2.45) is 0 Å². The molecule has 2 heterocycles. The maximum Gasteiger partial charge on any atom is 0.272 e. The normalized spacial score (nSPS) is 21.9. The molecule has 2 rings (SSSR count). The molecule has 0 fully saturated rings. The molecule has 1 aromatic heterocycles. The molecule has 0 aliphatic carbocycles. The van der Waals surface area contributed by atoms with Gasteiger partial charge in [0, 0.05) is 6.20 Å². The van der Waals surface area contributed by atoms with E-state index in [0.717, 1.165) is 5.69 Å². The Balaban J connectivity index is 2.44. The second kappa shape index (κ2) is 2.20. The number of aromatic nitrogens is 1. The zero-order chi connectivity index (χ0) is 7.84. The minimum atomic E-state index is -0.286. The summed E-state index contributed by atoms with van der Waals surface area (Å²) in [7, 11) is 0. The third-order valence-corrected chi connectivity index (χ3v) is 1.79. The van der Waals surface area contributed by atoms with Gasteiger partial charge in [0.25, 0.3) is 5.91 Å². The van der Waals surface area contributed by atoms with Crippen LogP contribution in [0.1, 0.15) is 10.5 Å². The Hall–Kier alpha value is -1.10. The van der Waals surface area contributed by atoms with E-state index in [1.54, 1.807) is 12.3 Å². The summed E-state index contributed by atoms with van der Waals surface area (Å²) in [6.45, 7) is 0. The van der Waals surface area contributed by atoms with Crippen LogP contribution < -0.4 is 10.6 Å². The van der Waals surface area contributed by atoms with E-state index in [1.807, 2.05) is 0 Å². The van der Waals surface area contributed by atoms with Gasteiger partial charge in [0.2, 0.25) is 0 Å². The van der Waals surface area contributed by atoms with Crippen molar-refractivity contribution in [2.75, 3.05) is 5.32 Å². The molecule has 3 N–H and O–H groups in total. The van der Waals surface area contributed by atoms with Crippen LogP contribution in [0.4, 0.5) is 5.69 Å². The quantitative estimate of drug-likeness (QED) is 0.424. The van der Waals surface area contributed by atoms with E-state index in [0.29, 0.717) is 5.69 Å². The first kappa shape index (κ1) is 6.60. The summed E-state index contributed by atoms with van der Waals surface area (Å²) in [6, 6.07) is 1.80. The molecular formula is C6H7N3OS. The predicted molar refractivity (Wildman–Crippen MR) is 44.7 cm³/mol. The topological polar surface area (TPSA) is 56.9 Å². The Morgan fingerprint density at radius 2 is 2.27 bits per heavy atom. The molecule has 1 amide bonds. The fraction of sp³-hybridized carbons (Fsp3) is 0.167. The lowest BCUT2D eigenvalue weighted by Crippen LogP contribution is -2.41. The number of hydrogen-bond acceptors (Lipinski definition) is 3. The molecule has 4 nitrogen and oxygen atoms in total. The summed E-state index contributed by atoms with van der Waals surface area (Å²) in [6.07, 6.45) is 1.71. The zero-order valence-electron chi connectivity index (χ0n) is 5.59. The maximum absolute atomic E-state index is 11.1. The minimum Gasteiger partial charge on any atom is -0.355 e. The summed E-state index contributed by atoms with van der Waals surface area (Å²) >= 11 is 4.06. The molecule has 1 aliphatic heterocycles. The Morgan fingerprint density at radius 3 is 3.09 bits per heavy atom. The number of rotatable bonds is 0. The molecule has 0 aromatic carbocycles. The maximum atomic E-state index is 11.1. The van der Waals surface area contributed by atoms with Crippen LogP contribution in [0.15, 0.2) is 12.3 Å². The summed E-state index contributed by atoms with van der Waals surface area (Å²) < 4.78 is 0. The largest absolute Gasteiger partial charge is 0.355 e. The lowest BCUT2D eigenvalue weighted by molar-refractivity contribution is 0.0944. The number of carbonyl (C=O) groups is 1. The molecule has 1 aliphatic rings. The van der Waals surface area contributed by atoms with Crippen LogP contribution in [0.2, 0.25) is 0 Å². The molecule has 0 saturated heterocycles. The van der Waals surface area contributed by atoms with Gasteiger partial charge in [-0.1, -0.05) is 0 Å². The molecule has 0 spiro atoms. The SMILES string of the molecule is O=C1NC(S)Nc2cc[nH]c21. The van der Waals surface area contributed by atoms with Crippen molar-refractivity contribution in [3.63, 3.8) is 0 Å². The van der Waals surface area contributed by atoms with E-state index in [-0.39, 0.29) is 11.4 Å².